The van der Waals surface area contributed by atoms with Crippen molar-refractivity contribution in [3.05, 3.63) is 34.4 Å². The molecular weight excluding hydrogens is 332 g/mol. The van der Waals surface area contributed by atoms with Crippen molar-refractivity contribution in [2.75, 3.05) is 5.75 Å². The Bertz CT molecular complexity index is 651. The van der Waals surface area contributed by atoms with Gasteiger partial charge in [-0.2, -0.15) is 0 Å². The van der Waals surface area contributed by atoms with E-state index in [4.69, 9.17) is 0 Å². The molecule has 1 aliphatic carbocycles. The number of rotatable bonds is 6. The topological polar surface area (TPSA) is 51.2 Å². The van der Waals surface area contributed by atoms with E-state index < -0.39 is 16.7 Å². The predicted octanol–water partition coefficient (Wildman–Crippen LogP) is 4.18. The number of ketones is 2. The van der Waals surface area contributed by atoms with Crippen molar-refractivity contribution >= 4 is 22.4 Å². The summed E-state index contributed by atoms with van der Waals surface area (Å²) < 4.78 is 12.1. The van der Waals surface area contributed by atoms with E-state index in [0.29, 0.717) is 25.0 Å². The second-order valence-corrected chi connectivity index (χ2v) is 9.56. The second-order valence-electron chi connectivity index (χ2n) is 7.58. The first-order valence-corrected chi connectivity index (χ1v) is 10.6. The third kappa shape index (κ3) is 4.66. The van der Waals surface area contributed by atoms with Crippen LogP contribution in [0.25, 0.3) is 0 Å². The number of carbonyl (C=O) groups is 2. The highest BCUT2D eigenvalue weighted by molar-refractivity contribution is 7.85. The lowest BCUT2D eigenvalue weighted by atomic mass is 9.73. The third-order valence-corrected chi connectivity index (χ3v) is 7.07. The number of carbonyl (C=O) groups excluding carboxylic acids is 2. The first kappa shape index (κ1) is 20.0. The van der Waals surface area contributed by atoms with Crippen LogP contribution < -0.4 is 0 Å². The number of benzene rings is 1. The number of Topliss-reactive ketones (excluding diaryl/α,β-unsaturated/α-hetero) is 2. The highest BCUT2D eigenvalue weighted by Gasteiger charge is 2.38. The molecule has 2 atom stereocenters. The zero-order valence-corrected chi connectivity index (χ0v) is 16.9. The fourth-order valence-corrected chi connectivity index (χ4v) is 5.46. The molecule has 0 bridgehead atoms. The van der Waals surface area contributed by atoms with Gasteiger partial charge in [-0.15, -0.1) is 0 Å². The Morgan fingerprint density at radius 1 is 1.08 bits per heavy atom. The molecule has 4 heteroatoms. The summed E-state index contributed by atoms with van der Waals surface area (Å²) in [4.78, 5) is 25.6. The quantitative estimate of drug-likeness (QED) is 0.713. The van der Waals surface area contributed by atoms with E-state index in [9.17, 15) is 13.8 Å². The van der Waals surface area contributed by atoms with Gasteiger partial charge in [-0.3, -0.25) is 13.8 Å². The Hall–Kier alpha value is -1.29. The van der Waals surface area contributed by atoms with Crippen molar-refractivity contribution < 1.29 is 13.8 Å². The summed E-state index contributed by atoms with van der Waals surface area (Å²) in [5.74, 6) is 0.195. The molecule has 0 radical (unpaired) electrons. The SMILES string of the molecule is CCCS(=O)C(C)CC1CC(=O)C(c2c(C)cc(C)cc2C)C(=O)C1. The zero-order chi connectivity index (χ0) is 18.7. The van der Waals surface area contributed by atoms with Gasteiger partial charge in [-0.25, -0.2) is 0 Å². The van der Waals surface area contributed by atoms with E-state index in [1.54, 1.807) is 0 Å². The molecule has 1 aromatic rings. The van der Waals surface area contributed by atoms with Crippen LogP contribution in [-0.4, -0.2) is 26.8 Å². The van der Waals surface area contributed by atoms with E-state index in [0.717, 1.165) is 28.7 Å². The fraction of sp³-hybridized carbons (Fsp3) is 0.619. The maximum absolute atomic E-state index is 12.8. The molecule has 0 aromatic heterocycles. The zero-order valence-electron chi connectivity index (χ0n) is 16.1. The molecule has 1 fully saturated rings. The van der Waals surface area contributed by atoms with E-state index >= 15 is 0 Å². The van der Waals surface area contributed by atoms with Gasteiger partial charge in [0.25, 0.3) is 0 Å². The highest BCUT2D eigenvalue weighted by atomic mass is 32.2. The third-order valence-electron chi connectivity index (χ3n) is 5.17. The van der Waals surface area contributed by atoms with E-state index in [2.05, 4.69) is 0 Å². The maximum Gasteiger partial charge on any atom is 0.148 e. The van der Waals surface area contributed by atoms with Gasteiger partial charge in [-0.05, 0) is 56.2 Å². The molecular formula is C21H30O3S. The van der Waals surface area contributed by atoms with E-state index in [-0.39, 0.29) is 22.7 Å². The number of aryl methyl sites for hydroxylation is 3. The van der Waals surface area contributed by atoms with Gasteiger partial charge >= 0.3 is 0 Å². The summed E-state index contributed by atoms with van der Waals surface area (Å²) in [6, 6.07) is 4.09. The van der Waals surface area contributed by atoms with E-state index in [1.807, 2.05) is 46.8 Å². The maximum atomic E-state index is 12.8. The van der Waals surface area contributed by atoms with Crippen molar-refractivity contribution in [1.82, 2.24) is 0 Å². The Balaban J connectivity index is 2.15. The minimum absolute atomic E-state index is 0.0322. The Morgan fingerprint density at radius 3 is 2.08 bits per heavy atom. The number of hydrogen-bond donors (Lipinski definition) is 0. The summed E-state index contributed by atoms with van der Waals surface area (Å²) in [6.07, 6.45) is 2.45. The Morgan fingerprint density at radius 2 is 1.60 bits per heavy atom. The summed E-state index contributed by atoms with van der Waals surface area (Å²) in [6.45, 7) is 9.99. The molecule has 138 valence electrons. The molecule has 0 spiro atoms. The second kappa shape index (κ2) is 8.39. The van der Waals surface area contributed by atoms with Crippen LogP contribution in [-0.2, 0) is 20.4 Å². The molecule has 0 N–H and O–H groups in total. The monoisotopic (exact) mass is 362 g/mol. The van der Waals surface area contributed by atoms with Crippen LogP contribution in [0, 0.1) is 26.7 Å². The van der Waals surface area contributed by atoms with Crippen LogP contribution in [0.15, 0.2) is 12.1 Å². The number of hydrogen-bond acceptors (Lipinski definition) is 3. The van der Waals surface area contributed by atoms with Crippen molar-refractivity contribution in [2.24, 2.45) is 5.92 Å². The van der Waals surface area contributed by atoms with Gasteiger partial charge in [0.05, 0.1) is 0 Å². The Kier molecular flexibility index (Phi) is 6.72. The van der Waals surface area contributed by atoms with Crippen LogP contribution >= 0.6 is 0 Å². The Labute approximate surface area is 154 Å². The van der Waals surface area contributed by atoms with Crippen LogP contribution in [0.5, 0.6) is 0 Å². The molecule has 1 aromatic carbocycles. The molecule has 25 heavy (non-hydrogen) atoms. The van der Waals surface area contributed by atoms with Crippen LogP contribution in [0.1, 0.15) is 67.7 Å². The van der Waals surface area contributed by atoms with E-state index in [1.165, 1.54) is 0 Å². The van der Waals surface area contributed by atoms with Gasteiger partial charge in [0.2, 0.25) is 0 Å². The minimum atomic E-state index is -0.866. The first-order chi connectivity index (χ1) is 11.7. The molecule has 2 unspecified atom stereocenters. The summed E-state index contributed by atoms with van der Waals surface area (Å²) in [7, 11) is -0.866. The molecule has 0 saturated heterocycles. The molecule has 3 nitrogen and oxygen atoms in total. The van der Waals surface area contributed by atoms with Crippen LogP contribution in [0.2, 0.25) is 0 Å². The molecule has 2 rings (SSSR count). The normalized spacial score (nSPS) is 23.6. The van der Waals surface area contributed by atoms with Gasteiger partial charge in [0.15, 0.2) is 0 Å². The summed E-state index contributed by atoms with van der Waals surface area (Å²) in [5, 5.41) is 0.0462. The molecule has 0 amide bonds. The largest absolute Gasteiger partial charge is 0.299 e. The van der Waals surface area contributed by atoms with Gasteiger partial charge in [-0.1, -0.05) is 31.5 Å². The van der Waals surface area contributed by atoms with Crippen molar-refractivity contribution in [3.63, 3.8) is 0 Å². The van der Waals surface area contributed by atoms with Gasteiger partial charge < -0.3 is 0 Å². The molecule has 1 saturated carbocycles. The molecule has 0 heterocycles. The summed E-state index contributed by atoms with van der Waals surface area (Å²) >= 11 is 0. The van der Waals surface area contributed by atoms with Crippen molar-refractivity contribution in [2.45, 2.75) is 71.5 Å². The molecule has 1 aliphatic rings. The lowest BCUT2D eigenvalue weighted by Gasteiger charge is -2.29. The first-order valence-electron chi connectivity index (χ1n) is 9.24. The fourth-order valence-electron chi connectivity index (χ4n) is 4.17. The average molecular weight is 363 g/mol. The standard InChI is InChI=1S/C21H30O3S/c1-6-7-25(24)16(5)10-17-11-18(22)21(19(23)12-17)20-14(3)8-13(2)9-15(20)4/h8-9,16-17,21H,6-7,10-12H2,1-5H3. The highest BCUT2D eigenvalue weighted by Crippen LogP contribution is 2.36. The van der Waals surface area contributed by atoms with Gasteiger partial charge in [0, 0.05) is 34.6 Å². The summed E-state index contributed by atoms with van der Waals surface area (Å²) in [5.41, 5.74) is 4.11. The lowest BCUT2D eigenvalue weighted by Crippen LogP contribution is -2.34. The van der Waals surface area contributed by atoms with Crippen molar-refractivity contribution in [1.29, 1.82) is 0 Å². The lowest BCUT2D eigenvalue weighted by molar-refractivity contribution is -0.133. The van der Waals surface area contributed by atoms with Crippen LogP contribution in [0.4, 0.5) is 0 Å². The van der Waals surface area contributed by atoms with Crippen LogP contribution in [0.3, 0.4) is 0 Å². The van der Waals surface area contributed by atoms with Crippen molar-refractivity contribution in [3.8, 4) is 0 Å². The predicted molar refractivity (Wildman–Crippen MR) is 104 cm³/mol. The smallest absolute Gasteiger partial charge is 0.148 e. The molecule has 0 aliphatic heterocycles. The average Bonchev–Trinajstić information content (AvgIpc) is 2.49. The minimum Gasteiger partial charge on any atom is -0.299 e. The van der Waals surface area contributed by atoms with Gasteiger partial charge in [0.1, 0.15) is 17.5 Å².